The van der Waals surface area contributed by atoms with Gasteiger partial charge < -0.3 is 0 Å². The molecule has 2 aromatic carbocycles. The summed E-state index contributed by atoms with van der Waals surface area (Å²) in [5.74, 6) is -0.294. The van der Waals surface area contributed by atoms with E-state index in [9.17, 15) is 4.39 Å². The number of fused-ring (bicyclic) bond motifs is 1. The molecule has 3 nitrogen and oxygen atoms in total. The summed E-state index contributed by atoms with van der Waals surface area (Å²) in [7, 11) is 1.79. The minimum absolute atomic E-state index is 0.294. The predicted octanol–water partition coefficient (Wildman–Crippen LogP) is 4.80. The molecule has 0 amide bonds. The summed E-state index contributed by atoms with van der Waals surface area (Å²) in [6, 6.07) is 9.50. The predicted molar refractivity (Wildman–Crippen MR) is 89.3 cm³/mol. The Morgan fingerprint density at radius 3 is 2.59 bits per heavy atom. The van der Waals surface area contributed by atoms with E-state index in [-0.39, 0.29) is 5.82 Å². The Labute approximate surface area is 129 Å². The second-order valence-corrected chi connectivity index (χ2v) is 5.76. The largest absolute Gasteiger partial charge is 0.274 e. The molecular formula is C18H18FN3. The third kappa shape index (κ3) is 2.64. The van der Waals surface area contributed by atoms with Crippen LogP contribution in [-0.2, 0) is 7.05 Å². The van der Waals surface area contributed by atoms with E-state index in [1.54, 1.807) is 11.7 Å². The van der Waals surface area contributed by atoms with Gasteiger partial charge in [-0.15, -0.1) is 0 Å². The summed E-state index contributed by atoms with van der Waals surface area (Å²) >= 11 is 0. The van der Waals surface area contributed by atoms with Crippen LogP contribution >= 0.6 is 0 Å². The van der Waals surface area contributed by atoms with Crippen LogP contribution in [-0.4, -0.2) is 15.5 Å². The van der Waals surface area contributed by atoms with E-state index < -0.39 is 0 Å². The molecule has 1 heterocycles. The average Bonchev–Trinajstić information content (AvgIpc) is 2.81. The standard InChI is InChI=1S/C18H18FN3/c1-11(2)20-17-6-5-13(7-12(17)3)14-8-15-10-22(4)21-18(15)16(19)9-14/h5-10H,1-4H3. The molecule has 1 aromatic heterocycles. The van der Waals surface area contributed by atoms with Crippen molar-refractivity contribution in [2.24, 2.45) is 12.0 Å². The highest BCUT2D eigenvalue weighted by Crippen LogP contribution is 2.30. The Bertz CT molecular complexity index is 887. The van der Waals surface area contributed by atoms with Crippen LogP contribution < -0.4 is 0 Å². The average molecular weight is 295 g/mol. The molecule has 4 heteroatoms. The van der Waals surface area contributed by atoms with E-state index in [0.29, 0.717) is 5.52 Å². The molecule has 112 valence electrons. The van der Waals surface area contributed by atoms with Gasteiger partial charge in [-0.2, -0.15) is 5.10 Å². The first kappa shape index (κ1) is 14.4. The molecule has 3 rings (SSSR count). The lowest BCUT2D eigenvalue weighted by Gasteiger charge is -2.07. The first-order chi connectivity index (χ1) is 10.4. The lowest BCUT2D eigenvalue weighted by Crippen LogP contribution is -1.87. The first-order valence-electron chi connectivity index (χ1n) is 7.20. The Hall–Kier alpha value is -2.49. The second kappa shape index (κ2) is 5.37. The topological polar surface area (TPSA) is 30.2 Å². The van der Waals surface area contributed by atoms with Gasteiger partial charge in [0.25, 0.3) is 0 Å². The van der Waals surface area contributed by atoms with Gasteiger partial charge in [0.2, 0.25) is 0 Å². The van der Waals surface area contributed by atoms with E-state index in [2.05, 4.69) is 10.1 Å². The van der Waals surface area contributed by atoms with Gasteiger partial charge in [-0.1, -0.05) is 6.07 Å². The summed E-state index contributed by atoms with van der Waals surface area (Å²) < 4.78 is 15.8. The molecule has 0 radical (unpaired) electrons. The Morgan fingerprint density at radius 1 is 1.14 bits per heavy atom. The minimum Gasteiger partial charge on any atom is -0.274 e. The van der Waals surface area contributed by atoms with Gasteiger partial charge in [0.15, 0.2) is 5.82 Å². The molecule has 0 atom stereocenters. The molecule has 0 N–H and O–H groups in total. The molecule has 22 heavy (non-hydrogen) atoms. The summed E-state index contributed by atoms with van der Waals surface area (Å²) in [5, 5.41) is 4.94. The fraction of sp³-hybridized carbons (Fsp3) is 0.222. The molecule has 0 aliphatic heterocycles. The molecule has 3 aromatic rings. The number of aromatic nitrogens is 2. The van der Waals surface area contributed by atoms with Crippen LogP contribution in [0.2, 0.25) is 0 Å². The number of benzene rings is 2. The smallest absolute Gasteiger partial charge is 0.151 e. The Kier molecular flexibility index (Phi) is 3.53. The first-order valence-corrected chi connectivity index (χ1v) is 7.20. The van der Waals surface area contributed by atoms with E-state index in [0.717, 1.165) is 33.5 Å². The van der Waals surface area contributed by atoms with Crippen molar-refractivity contribution in [3.63, 3.8) is 0 Å². The van der Waals surface area contributed by atoms with Gasteiger partial charge in [0.1, 0.15) is 5.52 Å². The van der Waals surface area contributed by atoms with Gasteiger partial charge >= 0.3 is 0 Å². The third-order valence-corrected chi connectivity index (χ3v) is 3.55. The quantitative estimate of drug-likeness (QED) is 0.625. The van der Waals surface area contributed by atoms with E-state index >= 15 is 0 Å². The molecule has 0 fully saturated rings. The van der Waals surface area contributed by atoms with Crippen LogP contribution in [0.4, 0.5) is 10.1 Å². The normalized spacial score (nSPS) is 11.0. The zero-order chi connectivity index (χ0) is 15.9. The zero-order valence-electron chi connectivity index (χ0n) is 13.2. The maximum atomic E-state index is 14.2. The van der Waals surface area contributed by atoms with Crippen LogP contribution in [0.15, 0.2) is 41.5 Å². The molecular weight excluding hydrogens is 277 g/mol. The minimum atomic E-state index is -0.294. The SMILES string of the molecule is CC(C)=Nc1ccc(-c2cc(F)c3nn(C)cc3c2)cc1C. The van der Waals surface area contributed by atoms with Crippen LogP contribution in [0.5, 0.6) is 0 Å². The summed E-state index contributed by atoms with van der Waals surface area (Å²) in [4.78, 5) is 4.49. The highest BCUT2D eigenvalue weighted by atomic mass is 19.1. The van der Waals surface area contributed by atoms with Crippen LogP contribution in [0.1, 0.15) is 19.4 Å². The molecule has 0 saturated heterocycles. The second-order valence-electron chi connectivity index (χ2n) is 5.76. The van der Waals surface area contributed by atoms with Gasteiger partial charge in [0.05, 0.1) is 5.69 Å². The molecule has 0 spiro atoms. The number of nitrogens with zero attached hydrogens (tertiary/aromatic N) is 3. The van der Waals surface area contributed by atoms with Gasteiger partial charge in [-0.25, -0.2) is 4.39 Å². The van der Waals surface area contributed by atoms with Crippen molar-refractivity contribution in [1.29, 1.82) is 0 Å². The zero-order valence-corrected chi connectivity index (χ0v) is 13.2. The maximum absolute atomic E-state index is 14.2. The van der Waals surface area contributed by atoms with Crippen LogP contribution in [0, 0.1) is 12.7 Å². The van der Waals surface area contributed by atoms with Crippen molar-refractivity contribution >= 4 is 22.3 Å². The summed E-state index contributed by atoms with van der Waals surface area (Å²) in [6.07, 6.45) is 1.83. The highest BCUT2D eigenvalue weighted by molar-refractivity contribution is 5.86. The fourth-order valence-electron chi connectivity index (χ4n) is 2.58. The Balaban J connectivity index is 2.11. The third-order valence-electron chi connectivity index (χ3n) is 3.55. The van der Waals surface area contributed by atoms with Gasteiger partial charge in [0, 0.05) is 24.3 Å². The highest BCUT2D eigenvalue weighted by Gasteiger charge is 2.09. The van der Waals surface area contributed by atoms with Crippen molar-refractivity contribution in [3.05, 3.63) is 47.9 Å². The van der Waals surface area contributed by atoms with Gasteiger partial charge in [-0.3, -0.25) is 9.67 Å². The Morgan fingerprint density at radius 2 is 1.91 bits per heavy atom. The number of aliphatic imine (C=N–C) groups is 1. The number of halogens is 1. The summed E-state index contributed by atoms with van der Waals surface area (Å²) in [6.45, 7) is 5.96. The molecule has 0 aliphatic carbocycles. The monoisotopic (exact) mass is 295 g/mol. The molecule has 0 saturated carbocycles. The lowest BCUT2D eigenvalue weighted by molar-refractivity contribution is 0.633. The molecule has 0 unspecified atom stereocenters. The van der Waals surface area contributed by atoms with Crippen molar-refractivity contribution in [3.8, 4) is 11.1 Å². The molecule has 0 bridgehead atoms. The molecule has 0 aliphatic rings. The van der Waals surface area contributed by atoms with E-state index in [1.165, 1.54) is 6.07 Å². The van der Waals surface area contributed by atoms with Crippen LogP contribution in [0.25, 0.3) is 22.0 Å². The van der Waals surface area contributed by atoms with Crippen molar-refractivity contribution in [2.45, 2.75) is 20.8 Å². The maximum Gasteiger partial charge on any atom is 0.151 e. The summed E-state index contributed by atoms with van der Waals surface area (Å²) in [5.41, 5.74) is 5.28. The number of hydrogen-bond acceptors (Lipinski definition) is 2. The van der Waals surface area contributed by atoms with Crippen molar-refractivity contribution < 1.29 is 4.39 Å². The van der Waals surface area contributed by atoms with Crippen molar-refractivity contribution in [2.75, 3.05) is 0 Å². The lowest BCUT2D eigenvalue weighted by atomic mass is 10.0. The fourth-order valence-corrected chi connectivity index (χ4v) is 2.58. The van der Waals surface area contributed by atoms with E-state index in [4.69, 9.17) is 0 Å². The van der Waals surface area contributed by atoms with Crippen molar-refractivity contribution in [1.82, 2.24) is 9.78 Å². The van der Waals surface area contributed by atoms with E-state index in [1.807, 2.05) is 51.2 Å². The number of aryl methyl sites for hydroxylation is 2. The number of rotatable bonds is 2. The number of hydrogen-bond donors (Lipinski definition) is 0. The van der Waals surface area contributed by atoms with Gasteiger partial charge in [-0.05, 0) is 61.7 Å². The van der Waals surface area contributed by atoms with Crippen LogP contribution in [0.3, 0.4) is 0 Å².